The lowest BCUT2D eigenvalue weighted by molar-refractivity contribution is -0.642. The molecule has 0 unspecified atom stereocenters. The number of nitrogens with zero attached hydrogens (tertiary/aromatic N) is 2. The van der Waals surface area contributed by atoms with Crippen LogP contribution in [-0.2, 0) is 13.1 Å². The SMILES string of the molecule is Br.CCCn1c(N)[n+](CC(=O)c2ccc(Br)cc2)c2ccccc21. The highest BCUT2D eigenvalue weighted by Gasteiger charge is 2.22. The minimum Gasteiger partial charge on any atom is -0.291 e. The van der Waals surface area contributed by atoms with E-state index in [0.29, 0.717) is 11.5 Å². The van der Waals surface area contributed by atoms with Crippen molar-refractivity contribution in [2.45, 2.75) is 26.4 Å². The van der Waals surface area contributed by atoms with E-state index in [4.69, 9.17) is 5.73 Å². The van der Waals surface area contributed by atoms with Gasteiger partial charge in [0.15, 0.2) is 5.78 Å². The molecule has 0 radical (unpaired) electrons. The second-order valence-corrected chi connectivity index (χ2v) is 6.43. The van der Waals surface area contributed by atoms with Crippen LogP contribution in [0.1, 0.15) is 23.7 Å². The fraction of sp³-hybridized carbons (Fsp3) is 0.222. The Morgan fingerprint density at radius 3 is 2.50 bits per heavy atom. The summed E-state index contributed by atoms with van der Waals surface area (Å²) in [6.45, 7) is 3.20. The van der Waals surface area contributed by atoms with Crippen molar-refractivity contribution in [2.75, 3.05) is 5.73 Å². The van der Waals surface area contributed by atoms with Crippen molar-refractivity contribution < 1.29 is 9.36 Å². The van der Waals surface area contributed by atoms with Gasteiger partial charge in [-0.05, 0) is 30.7 Å². The lowest BCUT2D eigenvalue weighted by Crippen LogP contribution is -2.40. The number of halogens is 2. The van der Waals surface area contributed by atoms with E-state index in [0.717, 1.165) is 28.5 Å². The number of nitrogen functional groups attached to an aromatic ring is 1. The highest BCUT2D eigenvalue weighted by molar-refractivity contribution is 9.10. The van der Waals surface area contributed by atoms with E-state index in [9.17, 15) is 4.79 Å². The van der Waals surface area contributed by atoms with Gasteiger partial charge in [0, 0.05) is 10.0 Å². The number of carbonyl (C=O) groups excluding carboxylic acids is 1. The predicted molar refractivity (Wildman–Crippen MR) is 106 cm³/mol. The molecule has 0 bridgehead atoms. The number of Topliss-reactive ketones (excluding diaryl/α,β-unsaturated/α-hetero) is 1. The molecule has 0 amide bonds. The van der Waals surface area contributed by atoms with Crippen molar-refractivity contribution in [1.29, 1.82) is 0 Å². The highest BCUT2D eigenvalue weighted by atomic mass is 79.9. The number of fused-ring (bicyclic) bond motifs is 1. The van der Waals surface area contributed by atoms with Crippen molar-refractivity contribution in [2.24, 2.45) is 0 Å². The van der Waals surface area contributed by atoms with E-state index in [1.54, 1.807) is 0 Å². The molecule has 0 spiro atoms. The number of nitrogens with two attached hydrogens (primary N) is 1. The van der Waals surface area contributed by atoms with Crippen LogP contribution in [0, 0.1) is 0 Å². The summed E-state index contributed by atoms with van der Waals surface area (Å²) in [5.74, 6) is 0.673. The van der Waals surface area contributed by atoms with E-state index >= 15 is 0 Å². The number of imidazole rings is 1. The number of rotatable bonds is 5. The van der Waals surface area contributed by atoms with E-state index < -0.39 is 0 Å². The number of ketones is 1. The van der Waals surface area contributed by atoms with Crippen molar-refractivity contribution in [3.8, 4) is 0 Å². The molecular weight excluding hydrogens is 434 g/mol. The topological polar surface area (TPSA) is 51.9 Å². The lowest BCUT2D eigenvalue weighted by atomic mass is 10.1. The minimum absolute atomic E-state index is 0. The summed E-state index contributed by atoms with van der Waals surface area (Å²) >= 11 is 3.39. The summed E-state index contributed by atoms with van der Waals surface area (Å²) in [6.07, 6.45) is 0.990. The third kappa shape index (κ3) is 3.54. The molecule has 0 atom stereocenters. The summed E-state index contributed by atoms with van der Waals surface area (Å²) < 4.78 is 4.93. The van der Waals surface area contributed by atoms with Crippen LogP contribution < -0.4 is 10.3 Å². The molecule has 0 saturated heterocycles. The first-order valence-corrected chi connectivity index (χ1v) is 8.46. The minimum atomic E-state index is 0. The van der Waals surface area contributed by atoms with Gasteiger partial charge in [0.05, 0.1) is 6.54 Å². The molecule has 0 aliphatic heterocycles. The van der Waals surface area contributed by atoms with Crippen molar-refractivity contribution in [3.05, 3.63) is 58.6 Å². The summed E-state index contributed by atoms with van der Waals surface area (Å²) in [5, 5.41) is 0. The van der Waals surface area contributed by atoms with Gasteiger partial charge in [0.2, 0.25) is 0 Å². The molecule has 0 saturated carbocycles. The van der Waals surface area contributed by atoms with Crippen LogP contribution in [0.4, 0.5) is 5.95 Å². The van der Waals surface area contributed by atoms with E-state index in [1.807, 2.05) is 53.1 Å². The largest absolute Gasteiger partial charge is 0.356 e. The number of aromatic nitrogens is 2. The quantitative estimate of drug-likeness (QED) is 0.466. The molecule has 0 aliphatic rings. The molecule has 0 fully saturated rings. The standard InChI is InChI=1S/C18H18BrN3O.BrH/c1-2-11-21-15-5-3-4-6-16(15)22(18(21)20)12-17(23)13-7-9-14(19)10-8-13;/h3-10,20H,2,11-12H2,1H3;1H/p+1. The summed E-state index contributed by atoms with van der Waals surface area (Å²) in [6, 6.07) is 15.4. The number of para-hydroxylation sites is 2. The van der Waals surface area contributed by atoms with Gasteiger partial charge in [0.25, 0.3) is 0 Å². The maximum atomic E-state index is 12.6. The van der Waals surface area contributed by atoms with Gasteiger partial charge in [-0.3, -0.25) is 10.5 Å². The number of hydrogen-bond acceptors (Lipinski definition) is 2. The summed E-state index contributed by atoms with van der Waals surface area (Å²) in [5.41, 5.74) is 9.06. The van der Waals surface area contributed by atoms with Gasteiger partial charge in [-0.15, -0.1) is 17.0 Å². The maximum Gasteiger partial charge on any atom is 0.356 e. The van der Waals surface area contributed by atoms with Crippen LogP contribution in [0.3, 0.4) is 0 Å². The molecule has 0 aliphatic carbocycles. The zero-order valence-electron chi connectivity index (χ0n) is 13.4. The van der Waals surface area contributed by atoms with Gasteiger partial charge < -0.3 is 0 Å². The number of aryl methyl sites for hydroxylation is 1. The Bertz CT molecular complexity index is 857. The third-order valence-electron chi connectivity index (χ3n) is 3.93. The second kappa shape index (κ2) is 7.94. The first kappa shape index (κ1) is 18.7. The third-order valence-corrected chi connectivity index (χ3v) is 4.46. The van der Waals surface area contributed by atoms with Crippen LogP contribution in [0.25, 0.3) is 11.0 Å². The van der Waals surface area contributed by atoms with Gasteiger partial charge in [-0.25, -0.2) is 9.13 Å². The normalized spacial score (nSPS) is 10.6. The number of anilines is 1. The van der Waals surface area contributed by atoms with Gasteiger partial charge in [-0.1, -0.05) is 47.1 Å². The number of hydrogen-bond donors (Lipinski definition) is 1. The Balaban J connectivity index is 0.00000208. The van der Waals surface area contributed by atoms with Crippen molar-refractivity contribution in [3.63, 3.8) is 0 Å². The zero-order chi connectivity index (χ0) is 16.4. The number of benzene rings is 2. The zero-order valence-corrected chi connectivity index (χ0v) is 16.7. The van der Waals surface area contributed by atoms with Gasteiger partial charge in [0.1, 0.15) is 17.6 Å². The Hall–Kier alpha value is -1.66. The van der Waals surface area contributed by atoms with E-state index in [-0.39, 0.29) is 29.3 Å². The molecule has 126 valence electrons. The molecule has 4 nitrogen and oxygen atoms in total. The molecule has 2 aromatic carbocycles. The van der Waals surface area contributed by atoms with E-state index in [2.05, 4.69) is 27.4 Å². The Morgan fingerprint density at radius 1 is 1.17 bits per heavy atom. The summed E-state index contributed by atoms with van der Waals surface area (Å²) in [7, 11) is 0. The van der Waals surface area contributed by atoms with Gasteiger partial charge in [-0.2, -0.15) is 0 Å². The smallest absolute Gasteiger partial charge is 0.291 e. The highest BCUT2D eigenvalue weighted by Crippen LogP contribution is 2.17. The van der Waals surface area contributed by atoms with E-state index in [1.165, 1.54) is 0 Å². The molecule has 2 N–H and O–H groups in total. The Morgan fingerprint density at radius 2 is 1.83 bits per heavy atom. The average Bonchev–Trinajstić information content (AvgIpc) is 2.82. The van der Waals surface area contributed by atoms with Crippen LogP contribution in [0.15, 0.2) is 53.0 Å². The van der Waals surface area contributed by atoms with Crippen LogP contribution >= 0.6 is 32.9 Å². The van der Waals surface area contributed by atoms with Crippen molar-refractivity contribution >= 4 is 55.7 Å². The molecule has 1 heterocycles. The Labute approximate surface area is 160 Å². The summed E-state index contributed by atoms with van der Waals surface area (Å²) in [4.78, 5) is 12.6. The fourth-order valence-electron chi connectivity index (χ4n) is 2.81. The average molecular weight is 454 g/mol. The van der Waals surface area contributed by atoms with Crippen molar-refractivity contribution in [1.82, 2.24) is 4.57 Å². The lowest BCUT2D eigenvalue weighted by Gasteiger charge is -2.02. The molecule has 3 rings (SSSR count). The number of carbonyl (C=O) groups is 1. The second-order valence-electron chi connectivity index (χ2n) is 5.51. The molecule has 1 aromatic heterocycles. The van der Waals surface area contributed by atoms with Crippen LogP contribution in [0.2, 0.25) is 0 Å². The molecule has 3 aromatic rings. The van der Waals surface area contributed by atoms with Gasteiger partial charge >= 0.3 is 5.95 Å². The monoisotopic (exact) mass is 452 g/mol. The predicted octanol–water partition coefficient (Wildman–Crippen LogP) is 4.14. The molecule has 6 heteroatoms. The first-order chi connectivity index (χ1) is 11.1. The fourth-order valence-corrected chi connectivity index (χ4v) is 3.07. The first-order valence-electron chi connectivity index (χ1n) is 7.67. The molecule has 24 heavy (non-hydrogen) atoms. The van der Waals surface area contributed by atoms with Crippen LogP contribution in [-0.4, -0.2) is 10.4 Å². The maximum absolute atomic E-state index is 12.6. The van der Waals surface area contributed by atoms with Crippen LogP contribution in [0.5, 0.6) is 0 Å². The molecular formula is C18H20Br2N3O+. The Kier molecular flexibility index (Phi) is 6.18.